The first-order valence-electron chi connectivity index (χ1n) is 6.96. The van der Waals surface area contributed by atoms with Gasteiger partial charge in [0.05, 0.1) is 6.61 Å². The van der Waals surface area contributed by atoms with E-state index in [2.05, 4.69) is 23.1 Å². The molecule has 1 aliphatic heterocycles. The number of para-hydroxylation sites is 1. The van der Waals surface area contributed by atoms with Gasteiger partial charge in [-0.25, -0.2) is 0 Å². The fourth-order valence-electron chi connectivity index (χ4n) is 2.55. The number of halogens is 1. The Kier molecular flexibility index (Phi) is 7.21. The van der Waals surface area contributed by atoms with Gasteiger partial charge >= 0.3 is 0 Å². The number of likely N-dealkylation sites (tertiary alicyclic amines) is 1. The number of benzene rings is 1. The van der Waals surface area contributed by atoms with Gasteiger partial charge in [-0.1, -0.05) is 18.2 Å². The van der Waals surface area contributed by atoms with Gasteiger partial charge in [0.1, 0.15) is 5.75 Å². The highest BCUT2D eigenvalue weighted by Gasteiger charge is 2.18. The second-order valence-corrected chi connectivity index (χ2v) is 5.00. The Bertz CT molecular complexity index is 365. The van der Waals surface area contributed by atoms with Crippen molar-refractivity contribution in [2.75, 3.05) is 26.2 Å². The Labute approximate surface area is 122 Å². The first kappa shape index (κ1) is 16.3. The molecule has 1 aromatic rings. The zero-order valence-electron chi connectivity index (χ0n) is 11.7. The Morgan fingerprint density at radius 3 is 2.58 bits per heavy atom. The molecule has 4 heteroatoms. The first-order valence-corrected chi connectivity index (χ1v) is 6.96. The van der Waals surface area contributed by atoms with E-state index < -0.39 is 0 Å². The van der Waals surface area contributed by atoms with Gasteiger partial charge in [-0.05, 0) is 51.4 Å². The molecule has 0 atom stereocenters. The van der Waals surface area contributed by atoms with Gasteiger partial charge in [0.2, 0.25) is 0 Å². The molecule has 0 bridgehead atoms. The average Bonchev–Trinajstić information content (AvgIpc) is 2.42. The Balaban J connectivity index is 0.00000180. The summed E-state index contributed by atoms with van der Waals surface area (Å²) in [5, 5.41) is 0. The summed E-state index contributed by atoms with van der Waals surface area (Å²) in [4.78, 5) is 2.50. The number of nitrogens with two attached hydrogens (primary N) is 1. The van der Waals surface area contributed by atoms with Crippen molar-refractivity contribution in [2.45, 2.75) is 26.3 Å². The summed E-state index contributed by atoms with van der Waals surface area (Å²) in [5.41, 5.74) is 7.02. The second kappa shape index (κ2) is 8.41. The molecule has 1 aliphatic rings. The fourth-order valence-corrected chi connectivity index (χ4v) is 2.55. The molecule has 0 aromatic heterocycles. The SMILES string of the molecule is CCOc1ccccc1CN1CCC(CN)CC1.Cl. The fraction of sp³-hybridized carbons (Fsp3) is 0.600. The highest BCUT2D eigenvalue weighted by molar-refractivity contribution is 5.85. The summed E-state index contributed by atoms with van der Waals surface area (Å²) < 4.78 is 5.67. The number of ether oxygens (including phenoxy) is 1. The maximum Gasteiger partial charge on any atom is 0.123 e. The molecule has 19 heavy (non-hydrogen) atoms. The lowest BCUT2D eigenvalue weighted by Crippen LogP contribution is -2.35. The normalized spacial score (nSPS) is 16.9. The zero-order chi connectivity index (χ0) is 12.8. The van der Waals surface area contributed by atoms with Crippen molar-refractivity contribution in [1.82, 2.24) is 4.90 Å². The number of nitrogens with zero attached hydrogens (tertiary/aromatic N) is 1. The van der Waals surface area contributed by atoms with Gasteiger partial charge < -0.3 is 10.5 Å². The van der Waals surface area contributed by atoms with Crippen molar-refractivity contribution in [3.8, 4) is 5.75 Å². The number of hydrogen-bond acceptors (Lipinski definition) is 3. The lowest BCUT2D eigenvalue weighted by atomic mass is 9.97. The molecule has 1 saturated heterocycles. The minimum absolute atomic E-state index is 0. The zero-order valence-corrected chi connectivity index (χ0v) is 12.5. The van der Waals surface area contributed by atoms with Gasteiger partial charge in [0.25, 0.3) is 0 Å². The van der Waals surface area contributed by atoms with Crippen LogP contribution in [0, 0.1) is 5.92 Å². The van der Waals surface area contributed by atoms with Crippen LogP contribution in [-0.4, -0.2) is 31.1 Å². The largest absolute Gasteiger partial charge is 0.494 e. The van der Waals surface area contributed by atoms with Crippen LogP contribution in [0.25, 0.3) is 0 Å². The highest BCUT2D eigenvalue weighted by Crippen LogP contribution is 2.23. The van der Waals surface area contributed by atoms with Gasteiger partial charge in [0, 0.05) is 12.1 Å². The lowest BCUT2D eigenvalue weighted by Gasteiger charge is -2.31. The Morgan fingerprint density at radius 2 is 1.95 bits per heavy atom. The van der Waals surface area contributed by atoms with Crippen molar-refractivity contribution < 1.29 is 4.74 Å². The Hall–Kier alpha value is -0.770. The standard InChI is InChI=1S/C15H24N2O.ClH/c1-2-18-15-6-4-3-5-14(15)12-17-9-7-13(11-16)8-10-17;/h3-6,13H,2,7-12,16H2,1H3;1H. The third-order valence-electron chi connectivity index (χ3n) is 3.71. The smallest absolute Gasteiger partial charge is 0.123 e. The van der Waals surface area contributed by atoms with Crippen LogP contribution in [0.5, 0.6) is 5.75 Å². The van der Waals surface area contributed by atoms with Crippen LogP contribution >= 0.6 is 12.4 Å². The summed E-state index contributed by atoms with van der Waals surface area (Å²) in [5.74, 6) is 1.75. The van der Waals surface area contributed by atoms with Crippen LogP contribution in [0.15, 0.2) is 24.3 Å². The van der Waals surface area contributed by atoms with E-state index in [-0.39, 0.29) is 12.4 Å². The molecule has 2 rings (SSSR count). The van der Waals surface area contributed by atoms with E-state index in [1.54, 1.807) is 0 Å². The van der Waals surface area contributed by atoms with Crippen molar-refractivity contribution in [3.63, 3.8) is 0 Å². The molecule has 1 aromatic carbocycles. The van der Waals surface area contributed by atoms with Crippen LogP contribution in [0.1, 0.15) is 25.3 Å². The highest BCUT2D eigenvalue weighted by atomic mass is 35.5. The molecule has 0 radical (unpaired) electrons. The molecule has 108 valence electrons. The molecule has 2 N–H and O–H groups in total. The van der Waals surface area contributed by atoms with E-state index in [0.717, 1.165) is 44.5 Å². The summed E-state index contributed by atoms with van der Waals surface area (Å²) >= 11 is 0. The van der Waals surface area contributed by atoms with Gasteiger partial charge in [-0.3, -0.25) is 4.90 Å². The first-order chi connectivity index (χ1) is 8.83. The van der Waals surface area contributed by atoms with Crippen molar-refractivity contribution in [1.29, 1.82) is 0 Å². The molecule has 1 heterocycles. The Morgan fingerprint density at radius 1 is 1.26 bits per heavy atom. The van der Waals surface area contributed by atoms with Crippen molar-refractivity contribution >= 4 is 12.4 Å². The molecule has 1 fully saturated rings. The van der Waals surface area contributed by atoms with E-state index >= 15 is 0 Å². The summed E-state index contributed by atoms with van der Waals surface area (Å²) in [7, 11) is 0. The second-order valence-electron chi connectivity index (χ2n) is 5.00. The lowest BCUT2D eigenvalue weighted by molar-refractivity contribution is 0.178. The van der Waals surface area contributed by atoms with Crippen LogP contribution in [0.2, 0.25) is 0 Å². The average molecular weight is 285 g/mol. The van der Waals surface area contributed by atoms with Crippen LogP contribution in [0.4, 0.5) is 0 Å². The van der Waals surface area contributed by atoms with Crippen LogP contribution in [-0.2, 0) is 6.54 Å². The van der Waals surface area contributed by atoms with Gasteiger partial charge in [0.15, 0.2) is 0 Å². The van der Waals surface area contributed by atoms with E-state index in [1.807, 2.05) is 13.0 Å². The van der Waals surface area contributed by atoms with Gasteiger partial charge in [-0.2, -0.15) is 0 Å². The number of piperidine rings is 1. The van der Waals surface area contributed by atoms with Crippen molar-refractivity contribution in [2.24, 2.45) is 11.7 Å². The molecule has 0 unspecified atom stereocenters. The molecule has 0 spiro atoms. The van der Waals surface area contributed by atoms with Crippen LogP contribution < -0.4 is 10.5 Å². The summed E-state index contributed by atoms with van der Waals surface area (Å²) in [6.45, 7) is 6.90. The number of rotatable bonds is 5. The van der Waals surface area contributed by atoms with Crippen molar-refractivity contribution in [3.05, 3.63) is 29.8 Å². The molecular formula is C15H25ClN2O. The molecule has 3 nitrogen and oxygen atoms in total. The third-order valence-corrected chi connectivity index (χ3v) is 3.71. The predicted octanol–water partition coefficient (Wildman–Crippen LogP) is 2.68. The van der Waals surface area contributed by atoms with E-state index in [9.17, 15) is 0 Å². The number of hydrogen-bond donors (Lipinski definition) is 1. The minimum Gasteiger partial charge on any atom is -0.494 e. The van der Waals surface area contributed by atoms with E-state index in [1.165, 1.54) is 18.4 Å². The minimum atomic E-state index is 0. The molecule has 0 amide bonds. The van der Waals surface area contributed by atoms with Gasteiger partial charge in [-0.15, -0.1) is 12.4 Å². The van der Waals surface area contributed by atoms with E-state index in [4.69, 9.17) is 10.5 Å². The quantitative estimate of drug-likeness (QED) is 0.903. The summed E-state index contributed by atoms with van der Waals surface area (Å²) in [6, 6.07) is 8.35. The van der Waals surface area contributed by atoms with E-state index in [0.29, 0.717) is 0 Å². The molecule has 0 saturated carbocycles. The van der Waals surface area contributed by atoms with Crippen LogP contribution in [0.3, 0.4) is 0 Å². The maximum absolute atomic E-state index is 5.73. The molecular weight excluding hydrogens is 260 g/mol. The maximum atomic E-state index is 5.73. The predicted molar refractivity (Wildman–Crippen MR) is 81.9 cm³/mol. The topological polar surface area (TPSA) is 38.5 Å². The third kappa shape index (κ3) is 4.68. The monoisotopic (exact) mass is 284 g/mol. The summed E-state index contributed by atoms with van der Waals surface area (Å²) in [6.07, 6.45) is 2.46. The molecule has 0 aliphatic carbocycles.